The lowest BCUT2D eigenvalue weighted by Gasteiger charge is -2.13. The zero-order chi connectivity index (χ0) is 23.0. The number of amides is 1. The second-order valence-corrected chi connectivity index (χ2v) is 6.50. The fourth-order valence-corrected chi connectivity index (χ4v) is 2.62. The standard InChI is InChI=1S/C21H21F4NO5/c1-2-30-18(20(28)29)9-13-3-7-16(8-4-13)31-12-19(27)26-11-14-5-6-15(10-17(14)22)21(23,24)25/h3-8,10,18H,2,9,11-12H2,1H3,(H,26,27)(H,28,29)/t18-/m0/s1. The second kappa shape index (κ2) is 10.8. The topological polar surface area (TPSA) is 84.9 Å². The molecule has 0 bridgehead atoms. The molecular formula is C21H21F4NO5. The van der Waals surface area contributed by atoms with Crippen molar-refractivity contribution < 1.29 is 41.7 Å². The highest BCUT2D eigenvalue weighted by Gasteiger charge is 2.31. The van der Waals surface area contributed by atoms with Crippen molar-refractivity contribution in [3.05, 3.63) is 65.0 Å². The van der Waals surface area contributed by atoms with Gasteiger partial charge in [-0.05, 0) is 36.8 Å². The summed E-state index contributed by atoms with van der Waals surface area (Å²) >= 11 is 0. The molecule has 0 unspecified atom stereocenters. The summed E-state index contributed by atoms with van der Waals surface area (Å²) in [6.45, 7) is 1.28. The van der Waals surface area contributed by atoms with Crippen molar-refractivity contribution in [1.82, 2.24) is 5.32 Å². The highest BCUT2D eigenvalue weighted by atomic mass is 19.4. The third kappa shape index (κ3) is 7.56. The molecule has 168 valence electrons. The van der Waals surface area contributed by atoms with Crippen molar-refractivity contribution in [2.24, 2.45) is 0 Å². The Morgan fingerprint density at radius 3 is 2.35 bits per heavy atom. The summed E-state index contributed by atoms with van der Waals surface area (Å²) in [6.07, 6.45) is -5.44. The lowest BCUT2D eigenvalue weighted by molar-refractivity contribution is -0.150. The number of carbonyl (C=O) groups is 2. The lowest BCUT2D eigenvalue weighted by atomic mass is 10.1. The molecule has 0 radical (unpaired) electrons. The van der Waals surface area contributed by atoms with E-state index in [0.29, 0.717) is 17.4 Å². The summed E-state index contributed by atoms with van der Waals surface area (Å²) in [7, 11) is 0. The summed E-state index contributed by atoms with van der Waals surface area (Å²) in [6, 6.07) is 8.47. The maximum absolute atomic E-state index is 13.8. The van der Waals surface area contributed by atoms with Gasteiger partial charge >= 0.3 is 12.1 Å². The largest absolute Gasteiger partial charge is 0.484 e. The van der Waals surface area contributed by atoms with Crippen LogP contribution in [0.2, 0.25) is 0 Å². The first-order valence-electron chi connectivity index (χ1n) is 9.28. The maximum atomic E-state index is 13.8. The molecule has 0 saturated carbocycles. The molecule has 0 aromatic heterocycles. The van der Waals surface area contributed by atoms with Crippen molar-refractivity contribution >= 4 is 11.9 Å². The van der Waals surface area contributed by atoms with Crippen LogP contribution < -0.4 is 10.1 Å². The van der Waals surface area contributed by atoms with E-state index < -0.39 is 42.1 Å². The summed E-state index contributed by atoms with van der Waals surface area (Å²) < 4.78 is 61.9. The average molecular weight is 443 g/mol. The number of alkyl halides is 3. The highest BCUT2D eigenvalue weighted by molar-refractivity contribution is 5.77. The Hall–Kier alpha value is -3.14. The van der Waals surface area contributed by atoms with Crippen LogP contribution in [-0.2, 0) is 33.5 Å². The first-order chi connectivity index (χ1) is 14.6. The molecule has 0 heterocycles. The molecule has 0 spiro atoms. The summed E-state index contributed by atoms with van der Waals surface area (Å²) in [5.74, 6) is -2.38. The number of ether oxygens (including phenoxy) is 2. The van der Waals surface area contributed by atoms with Gasteiger partial charge < -0.3 is 19.9 Å². The molecule has 0 aliphatic rings. The zero-order valence-corrected chi connectivity index (χ0v) is 16.5. The van der Waals surface area contributed by atoms with Gasteiger partial charge in [0.1, 0.15) is 11.6 Å². The number of halogens is 4. The van der Waals surface area contributed by atoms with E-state index >= 15 is 0 Å². The molecule has 0 aliphatic carbocycles. The molecule has 2 rings (SSSR count). The number of carboxylic acid groups (broad SMARTS) is 1. The number of hydrogen-bond acceptors (Lipinski definition) is 4. The SMILES string of the molecule is CCO[C@@H](Cc1ccc(OCC(=O)NCc2ccc(C(F)(F)F)cc2F)cc1)C(=O)O. The fourth-order valence-electron chi connectivity index (χ4n) is 2.62. The minimum atomic E-state index is -4.65. The molecule has 2 N–H and O–H groups in total. The van der Waals surface area contributed by atoms with Crippen LogP contribution in [0.3, 0.4) is 0 Å². The van der Waals surface area contributed by atoms with Gasteiger partial charge in [-0.2, -0.15) is 13.2 Å². The van der Waals surface area contributed by atoms with Crippen molar-refractivity contribution in [2.45, 2.75) is 32.2 Å². The van der Waals surface area contributed by atoms with Crippen LogP contribution in [0.4, 0.5) is 17.6 Å². The summed E-state index contributed by atoms with van der Waals surface area (Å²) in [5, 5.41) is 11.5. The minimum absolute atomic E-state index is 0.0898. The predicted molar refractivity (Wildman–Crippen MR) is 102 cm³/mol. The first kappa shape index (κ1) is 24.1. The number of carbonyl (C=O) groups excluding carboxylic acids is 1. The molecule has 6 nitrogen and oxygen atoms in total. The molecule has 0 fully saturated rings. The Labute approximate surface area is 175 Å². The third-order valence-corrected chi connectivity index (χ3v) is 4.21. The van der Waals surface area contributed by atoms with Crippen molar-refractivity contribution in [3.8, 4) is 5.75 Å². The Kier molecular flexibility index (Phi) is 8.38. The van der Waals surface area contributed by atoms with E-state index in [1.54, 1.807) is 31.2 Å². The van der Waals surface area contributed by atoms with E-state index in [1.807, 2.05) is 0 Å². The number of nitrogens with one attached hydrogen (secondary N) is 1. The van der Waals surface area contributed by atoms with Crippen LogP contribution in [0, 0.1) is 5.82 Å². The van der Waals surface area contributed by atoms with Crippen molar-refractivity contribution in [2.75, 3.05) is 13.2 Å². The van der Waals surface area contributed by atoms with E-state index in [9.17, 15) is 27.2 Å². The van der Waals surface area contributed by atoms with Crippen LogP contribution >= 0.6 is 0 Å². The van der Waals surface area contributed by atoms with Gasteiger partial charge in [0.25, 0.3) is 5.91 Å². The smallest absolute Gasteiger partial charge is 0.416 e. The fraction of sp³-hybridized carbons (Fsp3) is 0.333. The molecule has 1 amide bonds. The molecule has 0 aliphatic heterocycles. The van der Waals surface area contributed by atoms with Crippen LogP contribution in [0.1, 0.15) is 23.6 Å². The van der Waals surface area contributed by atoms with E-state index in [-0.39, 0.29) is 25.1 Å². The monoisotopic (exact) mass is 443 g/mol. The predicted octanol–water partition coefficient (Wildman–Crippen LogP) is 3.57. The molecule has 2 aromatic rings. The third-order valence-electron chi connectivity index (χ3n) is 4.21. The van der Waals surface area contributed by atoms with Gasteiger partial charge in [0, 0.05) is 25.1 Å². The van der Waals surface area contributed by atoms with Gasteiger partial charge in [-0.1, -0.05) is 18.2 Å². The van der Waals surface area contributed by atoms with Crippen molar-refractivity contribution in [1.29, 1.82) is 0 Å². The second-order valence-electron chi connectivity index (χ2n) is 6.50. The maximum Gasteiger partial charge on any atom is 0.416 e. The summed E-state index contributed by atoms with van der Waals surface area (Å²) in [5.41, 5.74) is -0.494. The Bertz CT molecular complexity index is 900. The molecule has 10 heteroatoms. The van der Waals surface area contributed by atoms with Gasteiger partial charge in [-0.25, -0.2) is 9.18 Å². The number of rotatable bonds is 10. The van der Waals surface area contributed by atoms with Crippen LogP contribution in [0.25, 0.3) is 0 Å². The molecule has 1 atom stereocenters. The minimum Gasteiger partial charge on any atom is -0.484 e. The van der Waals surface area contributed by atoms with Gasteiger partial charge in [0.2, 0.25) is 0 Å². The van der Waals surface area contributed by atoms with E-state index in [1.165, 1.54) is 0 Å². The van der Waals surface area contributed by atoms with Crippen LogP contribution in [0.15, 0.2) is 42.5 Å². The normalized spacial score (nSPS) is 12.3. The molecule has 0 saturated heterocycles. The quantitative estimate of drug-likeness (QED) is 0.549. The van der Waals surface area contributed by atoms with Gasteiger partial charge in [0.15, 0.2) is 12.7 Å². The highest BCUT2D eigenvalue weighted by Crippen LogP contribution is 2.30. The molecule has 2 aromatic carbocycles. The van der Waals surface area contributed by atoms with E-state index in [2.05, 4.69) is 5.32 Å². The first-order valence-corrected chi connectivity index (χ1v) is 9.28. The van der Waals surface area contributed by atoms with Gasteiger partial charge in [0.05, 0.1) is 5.56 Å². The van der Waals surface area contributed by atoms with Gasteiger partial charge in [-0.15, -0.1) is 0 Å². The number of benzene rings is 2. The zero-order valence-electron chi connectivity index (χ0n) is 16.5. The molecular weight excluding hydrogens is 422 g/mol. The Morgan fingerprint density at radius 1 is 1.13 bits per heavy atom. The Balaban J connectivity index is 1.83. The molecule has 31 heavy (non-hydrogen) atoms. The lowest BCUT2D eigenvalue weighted by Crippen LogP contribution is -2.28. The Morgan fingerprint density at radius 2 is 1.81 bits per heavy atom. The van der Waals surface area contributed by atoms with E-state index in [0.717, 1.165) is 12.1 Å². The number of carboxylic acids is 1. The number of aliphatic carboxylic acids is 1. The summed E-state index contributed by atoms with van der Waals surface area (Å²) in [4.78, 5) is 23.0. The average Bonchev–Trinajstić information content (AvgIpc) is 2.71. The van der Waals surface area contributed by atoms with Crippen molar-refractivity contribution in [3.63, 3.8) is 0 Å². The van der Waals surface area contributed by atoms with Gasteiger partial charge in [-0.3, -0.25) is 4.79 Å². The van der Waals surface area contributed by atoms with Crippen LogP contribution in [-0.4, -0.2) is 36.3 Å². The number of hydrogen-bond donors (Lipinski definition) is 2. The van der Waals surface area contributed by atoms with Crippen LogP contribution in [0.5, 0.6) is 5.75 Å². The van der Waals surface area contributed by atoms with E-state index in [4.69, 9.17) is 14.6 Å².